The van der Waals surface area contributed by atoms with Gasteiger partial charge in [0.05, 0.1) is 18.2 Å². The van der Waals surface area contributed by atoms with Crippen molar-refractivity contribution in [3.63, 3.8) is 0 Å². The molecule has 0 amide bonds. The lowest BCUT2D eigenvalue weighted by Gasteiger charge is -2.37. The van der Waals surface area contributed by atoms with Crippen molar-refractivity contribution in [3.05, 3.63) is 29.3 Å². The fourth-order valence-electron chi connectivity index (χ4n) is 3.06. The molecule has 2 aliphatic rings. The van der Waals surface area contributed by atoms with Gasteiger partial charge in [-0.15, -0.1) is 0 Å². The van der Waals surface area contributed by atoms with E-state index in [-0.39, 0.29) is 11.8 Å². The van der Waals surface area contributed by atoms with Gasteiger partial charge in [-0.3, -0.25) is 9.69 Å². The third-order valence-electron chi connectivity index (χ3n) is 4.35. The van der Waals surface area contributed by atoms with Crippen LogP contribution in [-0.2, 0) is 6.42 Å². The summed E-state index contributed by atoms with van der Waals surface area (Å²) in [6, 6.07) is 5.90. The van der Waals surface area contributed by atoms with Crippen LogP contribution in [-0.4, -0.2) is 62.0 Å². The summed E-state index contributed by atoms with van der Waals surface area (Å²) in [5, 5.41) is 0. The highest BCUT2D eigenvalue weighted by Crippen LogP contribution is 2.30. The number of para-hydroxylation sites is 1. The molecule has 4 heteroatoms. The van der Waals surface area contributed by atoms with Gasteiger partial charge < -0.3 is 9.64 Å². The van der Waals surface area contributed by atoms with E-state index in [0.29, 0.717) is 0 Å². The van der Waals surface area contributed by atoms with Gasteiger partial charge in [0.2, 0.25) is 0 Å². The van der Waals surface area contributed by atoms with Crippen LogP contribution in [0.5, 0.6) is 5.75 Å². The number of fused-ring (bicyclic) bond motifs is 1. The minimum absolute atomic E-state index is 0.0641. The van der Waals surface area contributed by atoms with Gasteiger partial charge >= 0.3 is 0 Å². The fourth-order valence-corrected chi connectivity index (χ4v) is 3.06. The molecular formula is C16H22N2O2. The summed E-state index contributed by atoms with van der Waals surface area (Å²) in [6.45, 7) is 3.46. The van der Waals surface area contributed by atoms with Gasteiger partial charge in [-0.25, -0.2) is 0 Å². The lowest BCUT2D eigenvalue weighted by Crippen LogP contribution is -2.53. The molecule has 0 spiro atoms. The smallest absolute Gasteiger partial charge is 0.184 e. The minimum Gasteiger partial charge on any atom is -0.493 e. The number of carbonyl (C=O) groups is 1. The van der Waals surface area contributed by atoms with Crippen LogP contribution in [0.2, 0.25) is 0 Å². The number of ether oxygens (including phenoxy) is 1. The van der Waals surface area contributed by atoms with E-state index in [0.717, 1.165) is 50.4 Å². The molecule has 1 unspecified atom stereocenters. The highest BCUT2D eigenvalue weighted by atomic mass is 16.5. The molecule has 1 saturated heterocycles. The second kappa shape index (κ2) is 5.54. The Hall–Kier alpha value is -1.39. The molecule has 0 N–H and O–H groups in total. The Morgan fingerprint density at radius 2 is 2.15 bits per heavy atom. The van der Waals surface area contributed by atoms with E-state index in [1.165, 1.54) is 5.56 Å². The zero-order valence-electron chi connectivity index (χ0n) is 12.3. The monoisotopic (exact) mass is 274 g/mol. The van der Waals surface area contributed by atoms with Crippen molar-refractivity contribution >= 4 is 5.78 Å². The number of nitrogens with zero attached hydrogens (tertiary/aromatic N) is 2. The van der Waals surface area contributed by atoms with Crippen molar-refractivity contribution in [2.24, 2.45) is 0 Å². The van der Waals surface area contributed by atoms with Gasteiger partial charge in [0, 0.05) is 19.6 Å². The maximum Gasteiger partial charge on any atom is 0.184 e. The Balaban J connectivity index is 1.90. The van der Waals surface area contributed by atoms with E-state index < -0.39 is 0 Å². The van der Waals surface area contributed by atoms with Crippen LogP contribution in [0.15, 0.2) is 18.2 Å². The van der Waals surface area contributed by atoms with Gasteiger partial charge in [-0.1, -0.05) is 12.1 Å². The van der Waals surface area contributed by atoms with Crippen molar-refractivity contribution in [2.45, 2.75) is 18.9 Å². The van der Waals surface area contributed by atoms with Crippen LogP contribution in [0.25, 0.3) is 0 Å². The average molecular weight is 274 g/mol. The summed E-state index contributed by atoms with van der Waals surface area (Å²) in [6.07, 6.45) is 2.05. The molecule has 3 rings (SSSR count). The molecule has 0 aliphatic carbocycles. The Kier molecular flexibility index (Phi) is 3.76. The number of hydrogen-bond donors (Lipinski definition) is 0. The predicted octanol–water partition coefficient (Wildman–Crippen LogP) is 1.44. The summed E-state index contributed by atoms with van der Waals surface area (Å²) in [4.78, 5) is 17.3. The maximum atomic E-state index is 12.9. The number of likely N-dealkylation sites (N-methyl/N-ethyl adjacent to an activating group) is 2. The van der Waals surface area contributed by atoms with Gasteiger partial charge in [0.1, 0.15) is 5.75 Å². The molecule has 2 heterocycles. The Labute approximate surface area is 120 Å². The van der Waals surface area contributed by atoms with Crippen LogP contribution in [0.1, 0.15) is 22.3 Å². The molecule has 0 aromatic heterocycles. The highest BCUT2D eigenvalue weighted by Gasteiger charge is 2.31. The van der Waals surface area contributed by atoms with E-state index >= 15 is 0 Å². The Morgan fingerprint density at radius 1 is 1.30 bits per heavy atom. The van der Waals surface area contributed by atoms with Crippen LogP contribution >= 0.6 is 0 Å². The van der Waals surface area contributed by atoms with Crippen molar-refractivity contribution in [1.29, 1.82) is 0 Å². The zero-order chi connectivity index (χ0) is 14.1. The Morgan fingerprint density at radius 3 is 3.00 bits per heavy atom. The third kappa shape index (κ3) is 2.45. The topological polar surface area (TPSA) is 32.8 Å². The largest absolute Gasteiger partial charge is 0.493 e. The molecule has 108 valence electrons. The second-order valence-electron chi connectivity index (χ2n) is 5.87. The van der Waals surface area contributed by atoms with E-state index in [2.05, 4.69) is 22.9 Å². The van der Waals surface area contributed by atoms with E-state index in [1.807, 2.05) is 19.2 Å². The number of hydrogen-bond acceptors (Lipinski definition) is 4. The first-order valence-corrected chi connectivity index (χ1v) is 7.34. The molecule has 0 radical (unpaired) electrons. The van der Waals surface area contributed by atoms with Gasteiger partial charge in [-0.2, -0.15) is 0 Å². The summed E-state index contributed by atoms with van der Waals surface area (Å²) >= 11 is 0. The predicted molar refractivity (Wildman–Crippen MR) is 78.5 cm³/mol. The van der Waals surface area contributed by atoms with Gasteiger partial charge in [0.25, 0.3) is 0 Å². The average Bonchev–Trinajstić information content (AvgIpc) is 2.48. The van der Waals surface area contributed by atoms with Gasteiger partial charge in [-0.05, 0) is 38.6 Å². The number of ketones is 1. The molecule has 20 heavy (non-hydrogen) atoms. The first-order chi connectivity index (χ1) is 9.66. The van der Waals surface area contributed by atoms with Crippen molar-refractivity contribution in [1.82, 2.24) is 9.80 Å². The summed E-state index contributed by atoms with van der Waals surface area (Å²) in [7, 11) is 4.11. The molecule has 2 aliphatic heterocycles. The molecular weight excluding hydrogens is 252 g/mol. The first-order valence-electron chi connectivity index (χ1n) is 7.34. The molecule has 0 saturated carbocycles. The number of carbonyl (C=O) groups excluding carboxylic acids is 1. The van der Waals surface area contributed by atoms with Gasteiger partial charge in [0.15, 0.2) is 5.78 Å². The van der Waals surface area contributed by atoms with Crippen LogP contribution in [0.4, 0.5) is 0 Å². The molecule has 1 atom stereocenters. The van der Waals surface area contributed by atoms with Crippen LogP contribution in [0.3, 0.4) is 0 Å². The highest BCUT2D eigenvalue weighted by molar-refractivity contribution is 6.03. The van der Waals surface area contributed by atoms with E-state index in [1.54, 1.807) is 0 Å². The molecule has 0 bridgehead atoms. The Bertz CT molecular complexity index is 515. The molecule has 1 aromatic rings. The summed E-state index contributed by atoms with van der Waals surface area (Å²) < 4.78 is 5.78. The number of aryl methyl sites for hydroxylation is 1. The SMILES string of the molecule is CN1CCN(C)C(C(=O)c2cccc3c2OCCC3)C1. The third-order valence-corrected chi connectivity index (χ3v) is 4.35. The number of Topliss-reactive ketones (excluding diaryl/α,β-unsaturated/α-hetero) is 1. The van der Waals surface area contributed by atoms with Crippen molar-refractivity contribution in [3.8, 4) is 5.75 Å². The lowest BCUT2D eigenvalue weighted by molar-refractivity contribution is 0.0682. The quantitative estimate of drug-likeness (QED) is 0.764. The lowest BCUT2D eigenvalue weighted by atomic mass is 9.95. The first kappa shape index (κ1) is 13.6. The fraction of sp³-hybridized carbons (Fsp3) is 0.562. The van der Waals surface area contributed by atoms with E-state index in [4.69, 9.17) is 4.74 Å². The second-order valence-corrected chi connectivity index (χ2v) is 5.87. The summed E-state index contributed by atoms with van der Waals surface area (Å²) in [5.41, 5.74) is 1.93. The molecule has 4 nitrogen and oxygen atoms in total. The van der Waals surface area contributed by atoms with Crippen LogP contribution in [0, 0.1) is 0 Å². The standard InChI is InChI=1S/C16H22N2O2/c1-17-8-9-18(2)14(11-17)15(19)13-7-3-5-12-6-4-10-20-16(12)13/h3,5,7,14H,4,6,8-11H2,1-2H3. The molecule has 1 aromatic carbocycles. The van der Waals surface area contributed by atoms with Crippen molar-refractivity contribution in [2.75, 3.05) is 40.3 Å². The maximum absolute atomic E-state index is 12.9. The normalized spacial score (nSPS) is 24.0. The van der Waals surface area contributed by atoms with Crippen LogP contribution < -0.4 is 4.74 Å². The zero-order valence-corrected chi connectivity index (χ0v) is 12.3. The minimum atomic E-state index is -0.0641. The van der Waals surface area contributed by atoms with Crippen molar-refractivity contribution < 1.29 is 9.53 Å². The number of benzene rings is 1. The number of piperazine rings is 1. The number of rotatable bonds is 2. The summed E-state index contributed by atoms with van der Waals surface area (Å²) in [5.74, 6) is 1.02. The molecule has 1 fully saturated rings. The van der Waals surface area contributed by atoms with E-state index in [9.17, 15) is 4.79 Å².